The number of nitrogens with one attached hydrogen (secondary N) is 1. The van der Waals surface area contributed by atoms with Gasteiger partial charge in [0.15, 0.2) is 0 Å². The normalized spacial score (nSPS) is 11.9. The van der Waals surface area contributed by atoms with E-state index in [9.17, 15) is 4.79 Å². The molecular weight excluding hydrogens is 202 g/mol. The molecule has 1 amide bonds. The molecule has 16 heavy (non-hydrogen) atoms. The van der Waals surface area contributed by atoms with Crippen LogP contribution in [-0.4, -0.2) is 10.9 Å². The van der Waals surface area contributed by atoms with Crippen molar-refractivity contribution < 1.29 is 4.79 Å². The molecule has 1 N–H and O–H groups in total. The summed E-state index contributed by atoms with van der Waals surface area (Å²) in [5, 5.41) is 11.6. The molecule has 1 heterocycles. The number of aryl methyl sites for hydroxylation is 1. The number of aromatic nitrogens is 1. The molecule has 1 aromatic heterocycles. The number of hydrogen-bond acceptors (Lipinski definition) is 3. The average Bonchev–Trinajstić information content (AvgIpc) is 2.22. The highest BCUT2D eigenvalue weighted by Crippen LogP contribution is 2.16. The van der Waals surface area contributed by atoms with Crippen molar-refractivity contribution in [2.75, 3.05) is 5.32 Å². The van der Waals surface area contributed by atoms with Crippen LogP contribution < -0.4 is 5.32 Å². The van der Waals surface area contributed by atoms with E-state index in [-0.39, 0.29) is 11.8 Å². The molecule has 4 nitrogen and oxygen atoms in total. The zero-order valence-corrected chi connectivity index (χ0v) is 9.69. The Morgan fingerprint density at radius 2 is 2.25 bits per heavy atom. The second-order valence-electron chi connectivity index (χ2n) is 4.03. The number of anilines is 1. The van der Waals surface area contributed by atoms with Gasteiger partial charge < -0.3 is 5.32 Å². The Labute approximate surface area is 95.3 Å². The maximum atomic E-state index is 11.8. The molecule has 0 saturated carbocycles. The molecule has 0 radical (unpaired) electrons. The number of pyridine rings is 1. The second-order valence-corrected chi connectivity index (χ2v) is 4.03. The molecule has 0 aliphatic rings. The molecule has 1 atom stereocenters. The van der Waals surface area contributed by atoms with Crippen LogP contribution in [0.15, 0.2) is 18.5 Å². The lowest BCUT2D eigenvalue weighted by atomic mass is 9.96. The first kappa shape index (κ1) is 12.2. The molecule has 0 bridgehead atoms. The van der Waals surface area contributed by atoms with Gasteiger partial charge >= 0.3 is 0 Å². The monoisotopic (exact) mass is 217 g/mol. The van der Waals surface area contributed by atoms with Gasteiger partial charge in [-0.1, -0.05) is 13.8 Å². The predicted molar refractivity (Wildman–Crippen MR) is 61.5 cm³/mol. The molecule has 84 valence electrons. The van der Waals surface area contributed by atoms with E-state index in [0.717, 1.165) is 5.56 Å². The zero-order valence-electron chi connectivity index (χ0n) is 9.69. The van der Waals surface area contributed by atoms with Gasteiger partial charge in [-0.15, -0.1) is 0 Å². The van der Waals surface area contributed by atoms with Crippen LogP contribution in [0.5, 0.6) is 0 Å². The van der Waals surface area contributed by atoms with Gasteiger partial charge in [-0.25, -0.2) is 0 Å². The van der Waals surface area contributed by atoms with Gasteiger partial charge in [0.25, 0.3) is 0 Å². The summed E-state index contributed by atoms with van der Waals surface area (Å²) in [6.07, 6.45) is 3.25. The lowest BCUT2D eigenvalue weighted by molar-refractivity contribution is -0.119. The minimum Gasteiger partial charge on any atom is -0.323 e. The van der Waals surface area contributed by atoms with Crippen molar-refractivity contribution in [2.24, 2.45) is 11.8 Å². The maximum absolute atomic E-state index is 11.8. The number of nitrogens with zero attached hydrogens (tertiary/aromatic N) is 2. The summed E-state index contributed by atoms with van der Waals surface area (Å²) in [4.78, 5) is 15.7. The first-order valence-electron chi connectivity index (χ1n) is 5.17. The first-order chi connectivity index (χ1) is 7.56. The lowest BCUT2D eigenvalue weighted by Gasteiger charge is -2.13. The number of carbonyl (C=O) groups excluding carboxylic acids is 1. The number of amides is 1. The average molecular weight is 217 g/mol. The van der Waals surface area contributed by atoms with Crippen LogP contribution in [-0.2, 0) is 4.79 Å². The first-order valence-corrected chi connectivity index (χ1v) is 5.17. The van der Waals surface area contributed by atoms with E-state index in [1.54, 1.807) is 12.4 Å². The van der Waals surface area contributed by atoms with Gasteiger partial charge in [0.05, 0.1) is 18.0 Å². The number of hydrogen-bond donors (Lipinski definition) is 1. The summed E-state index contributed by atoms with van der Waals surface area (Å²) in [5.41, 5.74) is 1.59. The molecule has 0 spiro atoms. The molecule has 1 aromatic rings. The van der Waals surface area contributed by atoms with Gasteiger partial charge in [0, 0.05) is 6.20 Å². The fourth-order valence-electron chi connectivity index (χ4n) is 1.32. The van der Waals surface area contributed by atoms with Crippen molar-refractivity contribution >= 4 is 11.6 Å². The number of carbonyl (C=O) groups is 1. The highest BCUT2D eigenvalue weighted by atomic mass is 16.1. The third-order valence-electron chi connectivity index (χ3n) is 2.39. The standard InChI is InChI=1S/C12H15N3O/c1-8(2)10(6-13)12(16)15-11-7-14-5-4-9(11)3/h4-5,7-8,10H,1-3H3,(H,15,16). The molecular formula is C12H15N3O. The molecule has 0 aromatic carbocycles. The van der Waals surface area contributed by atoms with E-state index in [1.165, 1.54) is 0 Å². The van der Waals surface area contributed by atoms with E-state index in [1.807, 2.05) is 32.9 Å². The van der Waals surface area contributed by atoms with E-state index in [4.69, 9.17) is 5.26 Å². The van der Waals surface area contributed by atoms with Crippen LogP contribution in [0.2, 0.25) is 0 Å². The number of rotatable bonds is 3. The SMILES string of the molecule is Cc1ccncc1NC(=O)C(C#N)C(C)C. The zero-order chi connectivity index (χ0) is 12.1. The smallest absolute Gasteiger partial charge is 0.242 e. The Morgan fingerprint density at radius 1 is 1.56 bits per heavy atom. The van der Waals surface area contributed by atoms with Crippen LogP contribution in [0.3, 0.4) is 0 Å². The summed E-state index contributed by atoms with van der Waals surface area (Å²) in [6, 6.07) is 3.82. The van der Waals surface area contributed by atoms with Gasteiger partial charge in [-0.2, -0.15) is 5.26 Å². The molecule has 0 aliphatic carbocycles. The highest BCUT2D eigenvalue weighted by molar-refractivity contribution is 5.94. The Morgan fingerprint density at radius 3 is 2.75 bits per heavy atom. The summed E-state index contributed by atoms with van der Waals surface area (Å²) in [7, 11) is 0. The summed E-state index contributed by atoms with van der Waals surface area (Å²) in [5.74, 6) is -0.893. The molecule has 0 aliphatic heterocycles. The van der Waals surface area contributed by atoms with Crippen LogP contribution >= 0.6 is 0 Å². The van der Waals surface area contributed by atoms with Gasteiger partial charge in [0.1, 0.15) is 5.92 Å². The van der Waals surface area contributed by atoms with Crippen LogP contribution in [0, 0.1) is 30.1 Å². The lowest BCUT2D eigenvalue weighted by Crippen LogP contribution is -2.26. The van der Waals surface area contributed by atoms with E-state index in [0.29, 0.717) is 5.69 Å². The quantitative estimate of drug-likeness (QED) is 0.843. The molecule has 0 fully saturated rings. The highest BCUT2D eigenvalue weighted by Gasteiger charge is 2.21. The fraction of sp³-hybridized carbons (Fsp3) is 0.417. The van der Waals surface area contributed by atoms with E-state index < -0.39 is 5.92 Å². The van der Waals surface area contributed by atoms with Crippen molar-refractivity contribution in [3.63, 3.8) is 0 Å². The minimum atomic E-state index is -0.625. The molecule has 1 unspecified atom stereocenters. The third kappa shape index (κ3) is 2.80. The van der Waals surface area contributed by atoms with Gasteiger partial charge in [0.2, 0.25) is 5.91 Å². The fourth-order valence-corrected chi connectivity index (χ4v) is 1.32. The second kappa shape index (κ2) is 5.26. The van der Waals surface area contributed by atoms with Gasteiger partial charge in [-0.05, 0) is 24.5 Å². The largest absolute Gasteiger partial charge is 0.323 e. The summed E-state index contributed by atoms with van der Waals surface area (Å²) in [6.45, 7) is 5.58. The van der Waals surface area contributed by atoms with Crippen LogP contribution in [0.1, 0.15) is 19.4 Å². The molecule has 1 rings (SSSR count). The molecule has 0 saturated heterocycles. The molecule has 4 heteroatoms. The minimum absolute atomic E-state index is 0.00183. The van der Waals surface area contributed by atoms with Crippen LogP contribution in [0.4, 0.5) is 5.69 Å². The summed E-state index contributed by atoms with van der Waals surface area (Å²) >= 11 is 0. The van der Waals surface area contributed by atoms with Crippen molar-refractivity contribution in [1.29, 1.82) is 5.26 Å². The van der Waals surface area contributed by atoms with Crippen molar-refractivity contribution in [3.8, 4) is 6.07 Å². The Hall–Kier alpha value is -1.89. The van der Waals surface area contributed by atoms with Crippen molar-refractivity contribution in [3.05, 3.63) is 24.0 Å². The van der Waals surface area contributed by atoms with Crippen LogP contribution in [0.25, 0.3) is 0 Å². The summed E-state index contributed by atoms with van der Waals surface area (Å²) < 4.78 is 0. The van der Waals surface area contributed by atoms with E-state index >= 15 is 0 Å². The van der Waals surface area contributed by atoms with Crippen molar-refractivity contribution in [2.45, 2.75) is 20.8 Å². The van der Waals surface area contributed by atoms with Crippen molar-refractivity contribution in [1.82, 2.24) is 4.98 Å². The van der Waals surface area contributed by atoms with Gasteiger partial charge in [-0.3, -0.25) is 9.78 Å². The topological polar surface area (TPSA) is 65.8 Å². The third-order valence-corrected chi connectivity index (χ3v) is 2.39. The maximum Gasteiger partial charge on any atom is 0.242 e. The van der Waals surface area contributed by atoms with E-state index in [2.05, 4.69) is 10.3 Å². The Balaban J connectivity index is 2.79. The predicted octanol–water partition coefficient (Wildman–Crippen LogP) is 2.12. The number of nitriles is 1. The Kier molecular flexibility index (Phi) is 4.01. The Bertz CT molecular complexity index is 421.